The number of halogens is 1. The van der Waals surface area contributed by atoms with Gasteiger partial charge in [-0.1, -0.05) is 11.6 Å². The van der Waals surface area contributed by atoms with E-state index in [9.17, 15) is 0 Å². The van der Waals surface area contributed by atoms with E-state index in [1.807, 2.05) is 6.92 Å². The number of hydrogen-bond donors (Lipinski definition) is 2. The van der Waals surface area contributed by atoms with Gasteiger partial charge in [0.1, 0.15) is 5.82 Å². The highest BCUT2D eigenvalue weighted by Crippen LogP contribution is 2.21. The topological polar surface area (TPSA) is 60.2 Å². The van der Waals surface area contributed by atoms with E-state index in [0.29, 0.717) is 23.1 Å². The molecule has 0 aliphatic carbocycles. The molecule has 0 saturated heterocycles. The molecule has 0 aromatic carbocycles. The highest BCUT2D eigenvalue weighted by atomic mass is 35.5. The highest BCUT2D eigenvalue weighted by Gasteiger charge is 2.06. The number of methoxy groups -OCH3 is 1. The fourth-order valence-corrected chi connectivity index (χ4v) is 1.39. The summed E-state index contributed by atoms with van der Waals surface area (Å²) >= 11 is 5.97. The molecule has 3 N–H and O–H groups in total. The predicted octanol–water partition coefficient (Wildman–Crippen LogP) is 2.15. The molecular weight excluding hydrogens is 214 g/mol. The first kappa shape index (κ1) is 12.1. The minimum atomic E-state index is 0.263. The Morgan fingerprint density at radius 2 is 2.40 bits per heavy atom. The molecule has 5 heteroatoms. The monoisotopic (exact) mass is 229 g/mol. The molecular formula is C10H16ClN3O. The maximum absolute atomic E-state index is 5.97. The van der Waals surface area contributed by atoms with Crippen molar-refractivity contribution >= 4 is 23.1 Å². The molecule has 0 bridgehead atoms. The van der Waals surface area contributed by atoms with Crippen LogP contribution in [0.5, 0.6) is 0 Å². The van der Waals surface area contributed by atoms with Crippen molar-refractivity contribution in [2.75, 3.05) is 24.8 Å². The molecule has 1 rings (SSSR count). The van der Waals surface area contributed by atoms with Gasteiger partial charge in [0.05, 0.1) is 16.9 Å². The number of pyridine rings is 1. The second kappa shape index (κ2) is 5.78. The number of aromatic nitrogens is 1. The molecule has 0 radical (unpaired) electrons. The summed E-state index contributed by atoms with van der Waals surface area (Å²) in [5.74, 6) is 0.662. The minimum absolute atomic E-state index is 0.263. The van der Waals surface area contributed by atoms with Crippen molar-refractivity contribution in [1.82, 2.24) is 4.98 Å². The first-order valence-corrected chi connectivity index (χ1v) is 5.17. The first-order valence-electron chi connectivity index (χ1n) is 4.80. The molecule has 1 aromatic rings. The Balaban J connectivity index is 2.56. The van der Waals surface area contributed by atoms with Crippen molar-refractivity contribution in [1.29, 1.82) is 0 Å². The summed E-state index contributed by atoms with van der Waals surface area (Å²) < 4.78 is 4.99. The maximum Gasteiger partial charge on any atom is 0.145 e. The summed E-state index contributed by atoms with van der Waals surface area (Å²) in [6.07, 6.45) is 2.48. The molecule has 4 nitrogen and oxygen atoms in total. The molecule has 0 fully saturated rings. The lowest BCUT2D eigenvalue weighted by Crippen LogP contribution is -2.18. The van der Waals surface area contributed by atoms with Crippen LogP contribution >= 0.6 is 11.6 Å². The van der Waals surface area contributed by atoms with E-state index < -0.39 is 0 Å². The van der Waals surface area contributed by atoms with Gasteiger partial charge >= 0.3 is 0 Å². The van der Waals surface area contributed by atoms with Gasteiger partial charge in [0.25, 0.3) is 0 Å². The van der Waals surface area contributed by atoms with E-state index in [4.69, 9.17) is 22.1 Å². The first-order chi connectivity index (χ1) is 7.13. The van der Waals surface area contributed by atoms with Crippen molar-refractivity contribution in [3.63, 3.8) is 0 Å². The third-order valence-electron chi connectivity index (χ3n) is 2.00. The molecule has 0 aliphatic heterocycles. The van der Waals surface area contributed by atoms with Crippen LogP contribution in [-0.4, -0.2) is 24.7 Å². The van der Waals surface area contributed by atoms with Gasteiger partial charge in [-0.05, 0) is 19.4 Å². The zero-order valence-corrected chi connectivity index (χ0v) is 9.71. The average Bonchev–Trinajstić information content (AvgIpc) is 2.19. The number of rotatable bonds is 5. The smallest absolute Gasteiger partial charge is 0.145 e. The zero-order chi connectivity index (χ0) is 11.3. The van der Waals surface area contributed by atoms with E-state index in [-0.39, 0.29) is 6.04 Å². The Kier molecular flexibility index (Phi) is 4.65. The molecule has 1 atom stereocenters. The van der Waals surface area contributed by atoms with Gasteiger partial charge in [0, 0.05) is 19.8 Å². The van der Waals surface area contributed by atoms with Gasteiger partial charge in [-0.3, -0.25) is 0 Å². The number of ether oxygens (including phenoxy) is 1. The molecule has 0 amide bonds. The molecule has 0 saturated carbocycles. The van der Waals surface area contributed by atoms with Crippen LogP contribution in [0.3, 0.4) is 0 Å². The molecule has 0 spiro atoms. The Hall–Kier alpha value is -1.00. The summed E-state index contributed by atoms with van der Waals surface area (Å²) in [6, 6.07) is 1.94. The van der Waals surface area contributed by atoms with Crippen LogP contribution in [0.1, 0.15) is 13.3 Å². The number of anilines is 2. The largest absolute Gasteiger partial charge is 0.397 e. The van der Waals surface area contributed by atoms with Gasteiger partial charge in [-0.2, -0.15) is 0 Å². The lowest BCUT2D eigenvalue weighted by atomic mass is 10.2. The SMILES string of the molecule is COCCC(C)Nc1ncc(N)cc1Cl. The van der Waals surface area contributed by atoms with Crippen molar-refractivity contribution < 1.29 is 4.74 Å². The van der Waals surface area contributed by atoms with Crippen LogP contribution in [0.25, 0.3) is 0 Å². The Bertz CT molecular complexity index is 320. The highest BCUT2D eigenvalue weighted by molar-refractivity contribution is 6.33. The summed E-state index contributed by atoms with van der Waals surface area (Å²) in [5.41, 5.74) is 6.11. The van der Waals surface area contributed by atoms with Crippen LogP contribution in [0.15, 0.2) is 12.3 Å². The zero-order valence-electron chi connectivity index (χ0n) is 8.96. The van der Waals surface area contributed by atoms with Gasteiger partial charge in [0.2, 0.25) is 0 Å². The number of nitrogens with zero attached hydrogens (tertiary/aromatic N) is 1. The third kappa shape index (κ3) is 3.93. The molecule has 1 unspecified atom stereocenters. The second-order valence-electron chi connectivity index (χ2n) is 3.43. The minimum Gasteiger partial charge on any atom is -0.397 e. The molecule has 1 heterocycles. The summed E-state index contributed by atoms with van der Waals surface area (Å²) in [5, 5.41) is 3.73. The number of nitrogens with two attached hydrogens (primary N) is 1. The predicted molar refractivity (Wildman–Crippen MR) is 63.2 cm³/mol. The molecule has 0 aliphatic rings. The van der Waals surface area contributed by atoms with Crippen molar-refractivity contribution in [3.05, 3.63) is 17.3 Å². The van der Waals surface area contributed by atoms with E-state index in [1.165, 1.54) is 0 Å². The van der Waals surface area contributed by atoms with Crippen LogP contribution in [0.2, 0.25) is 5.02 Å². The van der Waals surface area contributed by atoms with Gasteiger partial charge in [0.15, 0.2) is 0 Å². The van der Waals surface area contributed by atoms with E-state index >= 15 is 0 Å². The second-order valence-corrected chi connectivity index (χ2v) is 3.83. The summed E-state index contributed by atoms with van der Waals surface area (Å²) in [4.78, 5) is 4.12. The van der Waals surface area contributed by atoms with Crippen molar-refractivity contribution in [3.8, 4) is 0 Å². The number of nitrogens with one attached hydrogen (secondary N) is 1. The fourth-order valence-electron chi connectivity index (χ4n) is 1.16. The van der Waals surface area contributed by atoms with E-state index in [1.54, 1.807) is 19.4 Å². The summed E-state index contributed by atoms with van der Waals surface area (Å²) in [7, 11) is 1.68. The van der Waals surface area contributed by atoms with Crippen molar-refractivity contribution in [2.24, 2.45) is 0 Å². The van der Waals surface area contributed by atoms with Gasteiger partial charge < -0.3 is 15.8 Å². The average molecular weight is 230 g/mol. The normalized spacial score (nSPS) is 12.5. The van der Waals surface area contributed by atoms with Crippen LogP contribution in [0, 0.1) is 0 Å². The Labute approximate surface area is 94.8 Å². The summed E-state index contributed by atoms with van der Waals surface area (Å²) in [6.45, 7) is 2.76. The lowest BCUT2D eigenvalue weighted by Gasteiger charge is -2.14. The Morgan fingerprint density at radius 3 is 3.00 bits per heavy atom. The van der Waals surface area contributed by atoms with Crippen LogP contribution in [-0.2, 0) is 4.74 Å². The van der Waals surface area contributed by atoms with E-state index in [0.717, 1.165) is 6.42 Å². The number of nitrogen functional groups attached to an aromatic ring is 1. The Morgan fingerprint density at radius 1 is 1.67 bits per heavy atom. The van der Waals surface area contributed by atoms with E-state index in [2.05, 4.69) is 10.3 Å². The van der Waals surface area contributed by atoms with Crippen LogP contribution in [0.4, 0.5) is 11.5 Å². The molecule has 15 heavy (non-hydrogen) atoms. The van der Waals surface area contributed by atoms with Gasteiger partial charge in [-0.15, -0.1) is 0 Å². The lowest BCUT2D eigenvalue weighted by molar-refractivity contribution is 0.191. The van der Waals surface area contributed by atoms with Crippen molar-refractivity contribution in [2.45, 2.75) is 19.4 Å². The van der Waals surface area contributed by atoms with Gasteiger partial charge in [-0.25, -0.2) is 4.98 Å². The molecule has 1 aromatic heterocycles. The standard InChI is InChI=1S/C10H16ClN3O/c1-7(3-4-15-2)14-10-9(11)5-8(12)6-13-10/h5-7H,3-4,12H2,1-2H3,(H,13,14). The van der Waals surface area contributed by atoms with Crippen LogP contribution < -0.4 is 11.1 Å². The quantitative estimate of drug-likeness (QED) is 0.812. The fraction of sp³-hybridized carbons (Fsp3) is 0.500. The number of hydrogen-bond acceptors (Lipinski definition) is 4. The molecule has 84 valence electrons. The third-order valence-corrected chi connectivity index (χ3v) is 2.29. The maximum atomic E-state index is 5.97.